The number of rotatable bonds is 3. The predicted octanol–water partition coefficient (Wildman–Crippen LogP) is 12.4. The van der Waals surface area contributed by atoms with Crippen LogP contribution < -0.4 is 12.4 Å². The Labute approximate surface area is 381 Å². The van der Waals surface area contributed by atoms with Gasteiger partial charge in [0.05, 0.1) is 1.28 Å². The molecule has 0 aromatic heterocycles. The quantitative estimate of drug-likeness (QED) is 0.0941. The average Bonchev–Trinajstić information content (AvgIpc) is 3.10. The molecule has 0 aliphatic carbocycles. The summed E-state index contributed by atoms with van der Waals surface area (Å²) < 4.78 is 12.7. The van der Waals surface area contributed by atoms with Gasteiger partial charge in [0, 0.05) is 15.1 Å². The Bertz CT molecular complexity index is 1710. The van der Waals surface area contributed by atoms with Crippen LogP contribution in [0, 0.1) is 33.8 Å². The van der Waals surface area contributed by atoms with Crippen molar-refractivity contribution < 1.29 is 23.2 Å². The van der Waals surface area contributed by atoms with E-state index in [4.69, 9.17) is 37.1 Å². The van der Waals surface area contributed by atoms with Crippen LogP contribution in [0.1, 0.15) is 22.3 Å². The normalized spacial score (nSPS) is 10.0. The molecule has 6 aromatic carbocycles. The molecule has 52 heavy (non-hydrogen) atoms. The molecule has 6 rings (SSSR count). The first-order chi connectivity index (χ1) is 24.9. The second-order valence-corrected chi connectivity index (χ2v) is 16.7. The van der Waals surface area contributed by atoms with E-state index in [0.717, 1.165) is 0 Å². The molecule has 12 heteroatoms. The molecule has 4 atom stereocenters. The summed E-state index contributed by atoms with van der Waals surface area (Å²) in [6, 6.07) is 48.7. The Morgan fingerprint density at radius 2 is 0.827 bits per heavy atom. The molecule has 0 aliphatic heterocycles. The van der Waals surface area contributed by atoms with E-state index in [-0.39, 0.29) is 44.3 Å². The molecule has 277 valence electrons. The van der Waals surface area contributed by atoms with Gasteiger partial charge < -0.3 is 12.4 Å². The van der Waals surface area contributed by atoms with Crippen molar-refractivity contribution >= 4 is 122 Å². The fourth-order valence-electron chi connectivity index (χ4n) is 4.79. The fourth-order valence-corrected chi connectivity index (χ4v) is 5.66. The van der Waals surface area contributed by atoms with E-state index in [1.807, 2.05) is 31.2 Å². The summed E-state index contributed by atoms with van der Waals surface area (Å²) in [4.78, 5) is 0. The van der Waals surface area contributed by atoms with Crippen molar-refractivity contribution in [3.63, 3.8) is 0 Å². The zero-order valence-electron chi connectivity index (χ0n) is 31.2. The summed E-state index contributed by atoms with van der Waals surface area (Å²) in [5, 5.41) is 1.69. The maximum Gasteiger partial charge on any atom is 2.00 e. The molecule has 0 spiro atoms. The van der Waals surface area contributed by atoms with Gasteiger partial charge in [-0.3, -0.25) is 0 Å². The van der Waals surface area contributed by atoms with Crippen LogP contribution in [0.5, 0.6) is 0 Å². The zero-order chi connectivity index (χ0) is 39.1. The van der Waals surface area contributed by atoms with Crippen molar-refractivity contribution in [2.24, 2.45) is 0 Å². The first-order valence-electron chi connectivity index (χ1n) is 15.8. The third kappa shape index (κ3) is 20.5. The Balaban J connectivity index is 0. The van der Waals surface area contributed by atoms with Gasteiger partial charge in [0.1, 0.15) is 0 Å². The Morgan fingerprint density at radius 3 is 1.04 bits per heavy atom. The molecule has 0 N–H and O–H groups in total. The summed E-state index contributed by atoms with van der Waals surface area (Å²) in [6.45, 7) is 8.58. The van der Waals surface area contributed by atoms with Crippen molar-refractivity contribution in [1.29, 1.82) is 2.26 Å². The van der Waals surface area contributed by atoms with Crippen LogP contribution in [-0.4, -0.2) is 25.3 Å². The topological polar surface area (TPSA) is 0 Å². The van der Waals surface area contributed by atoms with E-state index in [1.54, 1.807) is 18.2 Å². The van der Waals surface area contributed by atoms with Crippen molar-refractivity contribution in [3.8, 4) is 33.4 Å². The van der Waals surface area contributed by atoms with Crippen molar-refractivity contribution in [3.05, 3.63) is 177 Å². The smallest absolute Gasteiger partial charge is 1.00 e. The first kappa shape index (κ1) is 50.4. The number of halogens is 6. The molecule has 0 radical (unpaired) electrons. The maximum atomic E-state index is 6.46. The number of hydrogen-bond acceptors (Lipinski definition) is 0. The van der Waals surface area contributed by atoms with Gasteiger partial charge in [0.15, 0.2) is 0 Å². The van der Waals surface area contributed by atoms with Gasteiger partial charge in [-0.2, -0.15) is 35.9 Å². The van der Waals surface area contributed by atoms with Gasteiger partial charge in [-0.1, -0.05) is 115 Å². The van der Waals surface area contributed by atoms with Gasteiger partial charge in [0.2, 0.25) is 0 Å². The van der Waals surface area contributed by atoms with Crippen LogP contribution in [0.4, 0.5) is 0 Å². The van der Waals surface area contributed by atoms with Crippen LogP contribution in [0.3, 0.4) is 0 Å². The molecule has 0 nitrogen and oxygen atoms in total. The van der Waals surface area contributed by atoms with E-state index >= 15 is 0 Å². The van der Waals surface area contributed by atoms with E-state index < -0.39 is 10.8 Å². The minimum atomic E-state index is -0.583. The number of benzene rings is 6. The van der Waals surface area contributed by atoms with Crippen LogP contribution in [0.25, 0.3) is 33.4 Å². The molecule has 0 heterocycles. The minimum Gasteiger partial charge on any atom is -1.00 e. The summed E-state index contributed by atoms with van der Waals surface area (Å²) >= 11 is 22.5. The Hall–Kier alpha value is 0.420. The standard InChI is InChI=1S/C27H24.C7H7.C6H3Cl3.2BrH.ClH.Mg.Ni.2H4P2.H/c1-19-10-4-7-13-25(19)22-16-23(26-14-8-5-11-20(26)2)18-24(17-22)27-15-9-6-12-21(27)3;1-7-5-3-2-4-6-7;7-4-1-5(8)3-6(9)2-4;;;;;;2*1-2;/h4-18H,1-3H3;2-5H,1H3;1-3H;3*1H;;;2*1-2H2;/q;-1;;;;;2*+2;;;/p-3/i;;;;;;;;1T;;1+2. The monoisotopic (exact) mass is 1030 g/mol. The van der Waals surface area contributed by atoms with Gasteiger partial charge >= 0.3 is 63.3 Å². The van der Waals surface area contributed by atoms with Gasteiger partial charge in [-0.05, 0) is 107 Å². The summed E-state index contributed by atoms with van der Waals surface area (Å²) in [7, 11) is 6.61. The number of hydrogen-bond donors (Lipinski definition) is 0. The number of aryl methyl sites for hydroxylation is 4. The van der Waals surface area contributed by atoms with Crippen molar-refractivity contribution in [1.82, 2.24) is 0 Å². The molecule has 0 aliphatic rings. The van der Waals surface area contributed by atoms with Crippen LogP contribution in [0.15, 0.2) is 133 Å². The van der Waals surface area contributed by atoms with E-state index in [0.29, 0.717) is 15.1 Å². The maximum absolute atomic E-state index is 6.46. The van der Waals surface area contributed by atoms with Crippen LogP contribution >= 0.6 is 98.9 Å². The average molecular weight is 1040 g/mol. The fraction of sp³-hybridized carbons (Fsp3) is 0.100. The molecular weight excluding hydrogens is 989 g/mol. The molecule has 0 saturated heterocycles. The van der Waals surface area contributed by atoms with Crippen molar-refractivity contribution in [2.75, 3.05) is 0 Å². The minimum absolute atomic E-state index is 0. The second kappa shape index (κ2) is 32.5. The van der Waals surface area contributed by atoms with Gasteiger partial charge in [0.25, 0.3) is 0 Å². The Morgan fingerprint density at radius 1 is 0.558 bits per heavy atom. The van der Waals surface area contributed by atoms with E-state index in [1.165, 1.54) is 55.6 Å². The molecule has 4 unspecified atom stereocenters. The van der Waals surface area contributed by atoms with E-state index in [9.17, 15) is 0 Å². The van der Waals surface area contributed by atoms with Crippen LogP contribution in [0.2, 0.25) is 15.1 Å². The van der Waals surface area contributed by atoms with Crippen LogP contribution in [-0.2, 0) is 10.8 Å². The molecule has 0 bridgehead atoms. The molecule has 6 aromatic rings. The van der Waals surface area contributed by atoms with Gasteiger partial charge in [-0.15, -0.1) is 35.7 Å². The second-order valence-electron chi connectivity index (χ2n) is 10.4. The Kier molecular flexibility index (Phi) is 31.5. The molecule has 0 saturated carbocycles. The third-order valence-corrected chi connectivity index (χ3v) is 7.65. The largest absolute Gasteiger partial charge is 2.00 e. The summed E-state index contributed by atoms with van der Waals surface area (Å²) in [5.74, 6) is 0. The third-order valence-electron chi connectivity index (χ3n) is 6.99. The SMILES string of the molecule is Cc1[c-]cccc1.Cc1ccccc1-c1cc(-c2ccccc2C)cc(-c2ccccc2C)c1.Clc1cc(Cl)cc(Cl)c1.PP.[3H]PP.[3H][Ni]([Br])[Br].[Cl-].[Mg+2]. The van der Waals surface area contributed by atoms with Crippen molar-refractivity contribution in [2.45, 2.75) is 27.7 Å². The molecular formula is C40H43Br2Cl4MgNiP4. The van der Waals surface area contributed by atoms with Gasteiger partial charge in [-0.25, -0.2) is 0 Å². The zero-order valence-corrected chi connectivity index (χ0v) is 42.3. The predicted molar refractivity (Wildman–Crippen MR) is 252 cm³/mol. The molecule has 0 amide bonds. The van der Waals surface area contributed by atoms with E-state index in [2.05, 4.69) is 173 Å². The molecule has 0 fully saturated rings. The summed E-state index contributed by atoms with van der Waals surface area (Å²) in [5.41, 5.74) is 12.8. The first-order valence-corrected chi connectivity index (χ1v) is 25.9. The summed E-state index contributed by atoms with van der Waals surface area (Å²) in [6.07, 6.45) is 0.